The molecule has 0 unspecified atom stereocenters. The van der Waals surface area contributed by atoms with Gasteiger partial charge in [0.25, 0.3) is 5.91 Å². The van der Waals surface area contributed by atoms with E-state index in [-0.39, 0.29) is 24.3 Å². The van der Waals surface area contributed by atoms with Crippen LogP contribution in [-0.2, 0) is 4.79 Å². The quantitative estimate of drug-likeness (QED) is 0.755. The number of nitrogens with two attached hydrogens (primary N) is 1. The Morgan fingerprint density at radius 2 is 2.39 bits per heavy atom. The van der Waals surface area contributed by atoms with Crippen molar-refractivity contribution in [3.8, 4) is 5.75 Å². The van der Waals surface area contributed by atoms with E-state index in [1.54, 1.807) is 19.1 Å². The number of carbonyl (C=O) groups excluding carboxylic acids is 1. The average molecular weight is 252 g/mol. The molecule has 4 nitrogen and oxygen atoms in total. The molecule has 0 aromatic heterocycles. The molecule has 18 heavy (non-hydrogen) atoms. The minimum Gasteiger partial charge on any atom is -0.481 e. The third kappa shape index (κ3) is 4.18. The molecular weight excluding hydrogens is 235 g/mol. The van der Waals surface area contributed by atoms with Crippen molar-refractivity contribution in [2.75, 3.05) is 13.2 Å². The van der Waals surface area contributed by atoms with Crippen molar-refractivity contribution in [1.82, 2.24) is 5.32 Å². The first-order valence-corrected chi connectivity index (χ1v) is 5.60. The first kappa shape index (κ1) is 14.2. The van der Waals surface area contributed by atoms with Gasteiger partial charge < -0.3 is 15.8 Å². The Labute approximate surface area is 106 Å². The molecule has 0 aliphatic heterocycles. The van der Waals surface area contributed by atoms with E-state index in [0.717, 1.165) is 0 Å². The minimum absolute atomic E-state index is 0.0353. The smallest absolute Gasteiger partial charge is 0.258 e. The van der Waals surface area contributed by atoms with Crippen molar-refractivity contribution in [1.29, 1.82) is 0 Å². The summed E-state index contributed by atoms with van der Waals surface area (Å²) in [7, 11) is 0. The summed E-state index contributed by atoms with van der Waals surface area (Å²) in [4.78, 5) is 11.2. The summed E-state index contributed by atoms with van der Waals surface area (Å²) in [5.74, 6) is -0.819. The second-order valence-electron chi connectivity index (χ2n) is 3.86. The number of nitrogens with one attached hydrogen (secondary N) is 1. The third-order valence-electron chi connectivity index (χ3n) is 2.28. The van der Waals surface area contributed by atoms with E-state index in [0.29, 0.717) is 12.1 Å². The SMILES string of the molecule is C=CCNC(=O)COc1ccc([C@H](C)N)cc1F. The molecule has 0 fully saturated rings. The maximum absolute atomic E-state index is 13.6. The van der Waals surface area contributed by atoms with Crippen LogP contribution in [0.3, 0.4) is 0 Å². The zero-order valence-electron chi connectivity index (χ0n) is 10.3. The number of carbonyl (C=O) groups is 1. The highest BCUT2D eigenvalue weighted by Crippen LogP contribution is 2.20. The lowest BCUT2D eigenvalue weighted by atomic mass is 10.1. The highest BCUT2D eigenvalue weighted by atomic mass is 19.1. The molecule has 0 saturated carbocycles. The summed E-state index contributed by atoms with van der Waals surface area (Å²) in [5, 5.41) is 2.53. The van der Waals surface area contributed by atoms with E-state index in [2.05, 4.69) is 11.9 Å². The van der Waals surface area contributed by atoms with E-state index in [1.165, 1.54) is 12.1 Å². The van der Waals surface area contributed by atoms with Gasteiger partial charge in [-0.05, 0) is 24.6 Å². The normalized spacial score (nSPS) is 11.7. The van der Waals surface area contributed by atoms with E-state index in [4.69, 9.17) is 10.5 Å². The lowest BCUT2D eigenvalue weighted by Gasteiger charge is -2.10. The Hall–Kier alpha value is -1.88. The second kappa shape index (κ2) is 6.76. The van der Waals surface area contributed by atoms with Crippen molar-refractivity contribution in [2.45, 2.75) is 13.0 Å². The van der Waals surface area contributed by atoms with Crippen LogP contribution in [-0.4, -0.2) is 19.1 Å². The number of benzene rings is 1. The van der Waals surface area contributed by atoms with Crippen LogP contribution in [0.25, 0.3) is 0 Å². The van der Waals surface area contributed by atoms with Crippen LogP contribution in [0.4, 0.5) is 4.39 Å². The molecule has 0 bridgehead atoms. The summed E-state index contributed by atoms with van der Waals surface area (Å²) >= 11 is 0. The van der Waals surface area contributed by atoms with Crippen LogP contribution in [0.5, 0.6) is 5.75 Å². The average Bonchev–Trinajstić information content (AvgIpc) is 2.34. The van der Waals surface area contributed by atoms with Gasteiger partial charge in [0.1, 0.15) is 0 Å². The fourth-order valence-corrected chi connectivity index (χ4v) is 1.30. The molecular formula is C13H17FN2O2. The first-order valence-electron chi connectivity index (χ1n) is 5.60. The monoisotopic (exact) mass is 252 g/mol. The number of hydrogen-bond acceptors (Lipinski definition) is 3. The minimum atomic E-state index is -0.527. The maximum Gasteiger partial charge on any atom is 0.258 e. The Bertz CT molecular complexity index is 433. The van der Waals surface area contributed by atoms with E-state index >= 15 is 0 Å². The fourth-order valence-electron chi connectivity index (χ4n) is 1.30. The number of amides is 1. The highest BCUT2D eigenvalue weighted by molar-refractivity contribution is 5.77. The summed E-state index contributed by atoms with van der Waals surface area (Å²) < 4.78 is 18.7. The van der Waals surface area contributed by atoms with Crippen molar-refractivity contribution in [3.05, 3.63) is 42.2 Å². The number of halogens is 1. The molecule has 1 atom stereocenters. The molecule has 1 aromatic carbocycles. The van der Waals surface area contributed by atoms with Gasteiger partial charge in [0.05, 0.1) is 0 Å². The van der Waals surface area contributed by atoms with E-state index in [1.807, 2.05) is 0 Å². The van der Waals surface area contributed by atoms with Crippen LogP contribution in [0, 0.1) is 5.82 Å². The van der Waals surface area contributed by atoms with Gasteiger partial charge in [0.15, 0.2) is 18.2 Å². The van der Waals surface area contributed by atoms with Crippen molar-refractivity contribution < 1.29 is 13.9 Å². The number of rotatable bonds is 6. The van der Waals surface area contributed by atoms with Crippen molar-refractivity contribution in [3.63, 3.8) is 0 Å². The zero-order valence-corrected chi connectivity index (χ0v) is 10.3. The molecule has 0 heterocycles. The molecule has 0 aliphatic carbocycles. The molecule has 1 aromatic rings. The van der Waals surface area contributed by atoms with E-state index in [9.17, 15) is 9.18 Å². The molecule has 0 spiro atoms. The number of ether oxygens (including phenoxy) is 1. The van der Waals surface area contributed by atoms with Gasteiger partial charge in [-0.25, -0.2) is 4.39 Å². The van der Waals surface area contributed by atoms with Gasteiger partial charge in [-0.2, -0.15) is 0 Å². The van der Waals surface area contributed by atoms with Gasteiger partial charge in [-0.1, -0.05) is 12.1 Å². The maximum atomic E-state index is 13.6. The van der Waals surface area contributed by atoms with Crippen LogP contribution in [0.1, 0.15) is 18.5 Å². The molecule has 1 amide bonds. The summed E-state index contributed by atoms with van der Waals surface area (Å²) in [6.45, 7) is 5.35. The van der Waals surface area contributed by atoms with Crippen LogP contribution < -0.4 is 15.8 Å². The molecule has 0 aliphatic rings. The van der Waals surface area contributed by atoms with Crippen LogP contribution in [0.2, 0.25) is 0 Å². The van der Waals surface area contributed by atoms with Crippen LogP contribution in [0.15, 0.2) is 30.9 Å². The van der Waals surface area contributed by atoms with Gasteiger partial charge in [-0.3, -0.25) is 4.79 Å². The standard InChI is InChI=1S/C13H17FN2O2/c1-3-6-16-13(17)8-18-12-5-4-10(9(2)15)7-11(12)14/h3-5,7,9H,1,6,8,15H2,2H3,(H,16,17)/t9-/m0/s1. The van der Waals surface area contributed by atoms with Crippen LogP contribution >= 0.6 is 0 Å². The van der Waals surface area contributed by atoms with E-state index < -0.39 is 5.82 Å². The zero-order chi connectivity index (χ0) is 13.5. The summed E-state index contributed by atoms with van der Waals surface area (Å²) in [5.41, 5.74) is 6.31. The highest BCUT2D eigenvalue weighted by Gasteiger charge is 2.09. The molecule has 0 saturated heterocycles. The van der Waals surface area contributed by atoms with Crippen molar-refractivity contribution >= 4 is 5.91 Å². The number of hydrogen-bond donors (Lipinski definition) is 2. The Morgan fingerprint density at radius 1 is 1.67 bits per heavy atom. The lowest BCUT2D eigenvalue weighted by molar-refractivity contribution is -0.122. The molecule has 0 radical (unpaired) electrons. The van der Waals surface area contributed by atoms with Crippen molar-refractivity contribution in [2.24, 2.45) is 5.73 Å². The first-order chi connectivity index (χ1) is 8.54. The van der Waals surface area contributed by atoms with Gasteiger partial charge in [0, 0.05) is 12.6 Å². The Balaban J connectivity index is 2.57. The molecule has 98 valence electrons. The molecule has 1 rings (SSSR count). The fraction of sp³-hybridized carbons (Fsp3) is 0.308. The largest absolute Gasteiger partial charge is 0.481 e. The lowest BCUT2D eigenvalue weighted by Crippen LogP contribution is -2.28. The predicted octanol–water partition coefficient (Wildman–Crippen LogP) is 1.53. The Morgan fingerprint density at radius 3 is 2.94 bits per heavy atom. The topological polar surface area (TPSA) is 64.3 Å². The second-order valence-corrected chi connectivity index (χ2v) is 3.86. The van der Waals surface area contributed by atoms with Gasteiger partial charge in [0.2, 0.25) is 0 Å². The molecule has 3 N–H and O–H groups in total. The summed E-state index contributed by atoms with van der Waals surface area (Å²) in [6, 6.07) is 4.20. The molecule has 5 heteroatoms. The Kier molecular flexibility index (Phi) is 5.32. The van der Waals surface area contributed by atoms with Gasteiger partial charge in [-0.15, -0.1) is 6.58 Å². The predicted molar refractivity (Wildman–Crippen MR) is 67.7 cm³/mol. The van der Waals surface area contributed by atoms with Gasteiger partial charge >= 0.3 is 0 Å². The summed E-state index contributed by atoms with van der Waals surface area (Å²) in [6.07, 6.45) is 1.55. The third-order valence-corrected chi connectivity index (χ3v) is 2.28.